The molecule has 1 amide bonds. The van der Waals surface area contributed by atoms with Crippen LogP contribution in [-0.4, -0.2) is 40.2 Å². The number of nitrogens with zero attached hydrogens (tertiary/aromatic N) is 4. The molecule has 7 nitrogen and oxygen atoms in total. The van der Waals surface area contributed by atoms with Crippen molar-refractivity contribution in [2.45, 2.75) is 39.0 Å². The second kappa shape index (κ2) is 7.57. The number of carbonyl (C=O) groups is 1. The number of thioether (sulfide) groups is 1. The molecule has 1 aromatic heterocycles. The monoisotopic (exact) mass is 376 g/mol. The number of rotatable bonds is 5. The van der Waals surface area contributed by atoms with Crippen LogP contribution in [0.5, 0.6) is 11.5 Å². The van der Waals surface area contributed by atoms with E-state index in [0.29, 0.717) is 24.5 Å². The molecule has 1 aliphatic heterocycles. The van der Waals surface area contributed by atoms with Crippen molar-refractivity contribution in [2.24, 2.45) is 5.41 Å². The summed E-state index contributed by atoms with van der Waals surface area (Å²) in [4.78, 5) is 12.8. The number of fused-ring (bicyclic) bond motifs is 1. The van der Waals surface area contributed by atoms with Gasteiger partial charge in [0, 0.05) is 18.2 Å². The van der Waals surface area contributed by atoms with Crippen LogP contribution in [0.2, 0.25) is 0 Å². The number of hydrogen-bond acceptors (Lipinski definition) is 6. The van der Waals surface area contributed by atoms with Gasteiger partial charge in [-0.15, -0.1) is 10.2 Å². The molecule has 0 bridgehead atoms. The molecule has 26 heavy (non-hydrogen) atoms. The quantitative estimate of drug-likeness (QED) is 0.799. The van der Waals surface area contributed by atoms with Crippen LogP contribution >= 0.6 is 11.8 Å². The van der Waals surface area contributed by atoms with E-state index in [1.54, 1.807) is 28.6 Å². The summed E-state index contributed by atoms with van der Waals surface area (Å²) in [7, 11) is 1.62. The highest BCUT2D eigenvalue weighted by Crippen LogP contribution is 2.26. The van der Waals surface area contributed by atoms with Crippen molar-refractivity contribution < 1.29 is 14.3 Å². The van der Waals surface area contributed by atoms with E-state index >= 15 is 0 Å². The predicted octanol–water partition coefficient (Wildman–Crippen LogP) is 2.87. The number of benzene rings is 1. The van der Waals surface area contributed by atoms with Crippen molar-refractivity contribution in [2.75, 3.05) is 24.4 Å². The van der Waals surface area contributed by atoms with E-state index in [-0.39, 0.29) is 17.9 Å². The number of ether oxygens (including phenoxy) is 2. The van der Waals surface area contributed by atoms with Gasteiger partial charge in [0.15, 0.2) is 5.82 Å². The SMILES string of the molecule is COc1cccc(OCc2nnc3n2N(C(=O)CC(C)(C)C)CCS3)c1. The standard InChI is InChI=1S/C18H24N4O3S/c1-18(2,3)11-16(23)21-8-9-26-17-20-19-15(22(17)21)12-25-14-7-5-6-13(10-14)24-4/h5-7,10H,8-9,11-12H2,1-4H3. The Kier molecular flexibility index (Phi) is 5.41. The van der Waals surface area contributed by atoms with Gasteiger partial charge in [0.05, 0.1) is 13.7 Å². The second-order valence-electron chi connectivity index (χ2n) is 7.28. The summed E-state index contributed by atoms with van der Waals surface area (Å²) < 4.78 is 12.8. The number of hydrogen-bond donors (Lipinski definition) is 0. The summed E-state index contributed by atoms with van der Waals surface area (Å²) in [5, 5.41) is 10.9. The number of aromatic nitrogens is 3. The van der Waals surface area contributed by atoms with E-state index < -0.39 is 0 Å². The number of carbonyl (C=O) groups excluding carboxylic acids is 1. The molecule has 0 unspecified atom stereocenters. The third-order valence-electron chi connectivity index (χ3n) is 3.83. The average molecular weight is 376 g/mol. The third kappa shape index (κ3) is 4.30. The highest BCUT2D eigenvalue weighted by atomic mass is 32.2. The van der Waals surface area contributed by atoms with Crippen LogP contribution < -0.4 is 14.5 Å². The summed E-state index contributed by atoms with van der Waals surface area (Å²) in [5.74, 6) is 2.89. The molecule has 0 radical (unpaired) electrons. The first kappa shape index (κ1) is 18.6. The van der Waals surface area contributed by atoms with Gasteiger partial charge in [-0.25, -0.2) is 9.69 Å². The van der Waals surface area contributed by atoms with Crippen LogP contribution in [0.3, 0.4) is 0 Å². The van der Waals surface area contributed by atoms with Crippen molar-refractivity contribution in [3.63, 3.8) is 0 Å². The molecule has 3 rings (SSSR count). The lowest BCUT2D eigenvalue weighted by Crippen LogP contribution is -2.46. The maximum atomic E-state index is 12.8. The fraction of sp³-hybridized carbons (Fsp3) is 0.500. The Hall–Kier alpha value is -2.22. The van der Waals surface area contributed by atoms with Crippen molar-refractivity contribution in [3.05, 3.63) is 30.1 Å². The largest absolute Gasteiger partial charge is 0.497 e. The van der Waals surface area contributed by atoms with E-state index in [9.17, 15) is 4.79 Å². The molecule has 0 fully saturated rings. The van der Waals surface area contributed by atoms with Gasteiger partial charge in [-0.3, -0.25) is 4.79 Å². The summed E-state index contributed by atoms with van der Waals surface area (Å²) in [6.45, 7) is 7.03. The third-order valence-corrected chi connectivity index (χ3v) is 4.73. The minimum atomic E-state index is -0.0763. The first-order valence-corrected chi connectivity index (χ1v) is 9.50. The molecule has 0 aliphatic carbocycles. The minimum Gasteiger partial charge on any atom is -0.497 e. The lowest BCUT2D eigenvalue weighted by molar-refractivity contribution is -0.122. The first-order chi connectivity index (χ1) is 12.4. The smallest absolute Gasteiger partial charge is 0.242 e. The molecular formula is C18H24N4O3S. The molecule has 2 aromatic rings. The molecule has 0 saturated heterocycles. The molecule has 140 valence electrons. The van der Waals surface area contributed by atoms with Gasteiger partial charge < -0.3 is 9.47 Å². The topological polar surface area (TPSA) is 69.5 Å². The average Bonchev–Trinajstić information content (AvgIpc) is 3.02. The minimum absolute atomic E-state index is 0.0708. The van der Waals surface area contributed by atoms with Gasteiger partial charge in [0.25, 0.3) is 0 Å². The molecule has 0 spiro atoms. The van der Waals surface area contributed by atoms with Gasteiger partial charge in [0.1, 0.15) is 18.1 Å². The highest BCUT2D eigenvalue weighted by Gasteiger charge is 2.29. The lowest BCUT2D eigenvalue weighted by atomic mass is 9.92. The molecule has 8 heteroatoms. The Labute approximate surface area is 157 Å². The lowest BCUT2D eigenvalue weighted by Gasteiger charge is -2.31. The van der Waals surface area contributed by atoms with Crippen molar-refractivity contribution in [1.82, 2.24) is 14.9 Å². The second-order valence-corrected chi connectivity index (χ2v) is 8.34. The molecule has 0 N–H and O–H groups in total. The molecule has 0 saturated carbocycles. The molecular weight excluding hydrogens is 352 g/mol. The van der Waals surface area contributed by atoms with Gasteiger partial charge in [0.2, 0.25) is 11.1 Å². The zero-order valence-electron chi connectivity index (χ0n) is 15.6. The van der Waals surface area contributed by atoms with E-state index in [2.05, 4.69) is 31.0 Å². The van der Waals surface area contributed by atoms with Crippen molar-refractivity contribution in [1.29, 1.82) is 0 Å². The van der Waals surface area contributed by atoms with Gasteiger partial charge in [-0.2, -0.15) is 0 Å². The highest BCUT2D eigenvalue weighted by molar-refractivity contribution is 7.99. The van der Waals surface area contributed by atoms with Crippen molar-refractivity contribution >= 4 is 17.7 Å². The fourth-order valence-electron chi connectivity index (χ4n) is 2.66. The van der Waals surface area contributed by atoms with Crippen molar-refractivity contribution in [3.8, 4) is 11.5 Å². The number of methoxy groups -OCH3 is 1. The summed E-state index contributed by atoms with van der Waals surface area (Å²) >= 11 is 1.60. The molecule has 1 aromatic carbocycles. The van der Waals surface area contributed by atoms with Crippen LogP contribution in [0.1, 0.15) is 33.0 Å². The van der Waals surface area contributed by atoms with Gasteiger partial charge >= 0.3 is 0 Å². The Morgan fingerprint density at radius 1 is 1.27 bits per heavy atom. The fourth-order valence-corrected chi connectivity index (χ4v) is 3.53. The molecule has 0 atom stereocenters. The van der Waals surface area contributed by atoms with E-state index in [0.717, 1.165) is 16.7 Å². The van der Waals surface area contributed by atoms with Crippen LogP contribution in [0.25, 0.3) is 0 Å². The van der Waals surface area contributed by atoms with E-state index in [4.69, 9.17) is 9.47 Å². The molecule has 1 aliphatic rings. The predicted molar refractivity (Wildman–Crippen MR) is 100 cm³/mol. The molecule has 2 heterocycles. The van der Waals surface area contributed by atoms with Gasteiger partial charge in [-0.1, -0.05) is 38.6 Å². The van der Waals surface area contributed by atoms with Gasteiger partial charge in [-0.05, 0) is 17.5 Å². The summed E-state index contributed by atoms with van der Waals surface area (Å²) in [6.07, 6.45) is 0.464. The van der Waals surface area contributed by atoms with Crippen LogP contribution in [0.15, 0.2) is 29.4 Å². The Balaban J connectivity index is 1.78. The summed E-state index contributed by atoms with van der Waals surface area (Å²) in [5.41, 5.74) is -0.0763. The van der Waals surface area contributed by atoms with Crippen LogP contribution in [0, 0.1) is 5.41 Å². The maximum absolute atomic E-state index is 12.8. The first-order valence-electron chi connectivity index (χ1n) is 8.52. The maximum Gasteiger partial charge on any atom is 0.242 e. The zero-order chi connectivity index (χ0) is 18.7. The number of amides is 1. The van der Waals surface area contributed by atoms with Crippen LogP contribution in [-0.2, 0) is 11.4 Å². The zero-order valence-corrected chi connectivity index (χ0v) is 16.4. The Morgan fingerprint density at radius 2 is 2.04 bits per heavy atom. The van der Waals surface area contributed by atoms with Crippen LogP contribution in [0.4, 0.5) is 0 Å². The Morgan fingerprint density at radius 3 is 2.77 bits per heavy atom. The normalized spacial score (nSPS) is 14.1. The Bertz CT molecular complexity index is 785. The van der Waals surface area contributed by atoms with E-state index in [1.165, 1.54) is 0 Å². The summed E-state index contributed by atoms with van der Waals surface area (Å²) in [6, 6.07) is 7.38. The van der Waals surface area contributed by atoms with E-state index in [1.807, 2.05) is 24.3 Å².